The maximum absolute atomic E-state index is 11.8. The Balaban J connectivity index is 2.75. The maximum atomic E-state index is 11.8. The van der Waals surface area contributed by atoms with Crippen LogP contribution in [0.1, 0.15) is 37.2 Å². The van der Waals surface area contributed by atoms with Crippen LogP contribution < -0.4 is 0 Å². The van der Waals surface area contributed by atoms with E-state index < -0.39 is 15.0 Å². The minimum absolute atomic E-state index is 0.106. The van der Waals surface area contributed by atoms with E-state index >= 15 is 0 Å². The highest BCUT2D eigenvalue weighted by Gasteiger charge is 2.19. The molecule has 0 radical (unpaired) electrons. The van der Waals surface area contributed by atoms with E-state index in [-0.39, 0.29) is 16.5 Å². The lowest BCUT2D eigenvalue weighted by Crippen LogP contribution is -2.14. The highest BCUT2D eigenvalue weighted by Crippen LogP contribution is 2.18. The van der Waals surface area contributed by atoms with Crippen LogP contribution in [0, 0.1) is 5.92 Å². The highest BCUT2D eigenvalue weighted by atomic mass is 35.7. The van der Waals surface area contributed by atoms with Crippen LogP contribution in [0.5, 0.6) is 0 Å². The van der Waals surface area contributed by atoms with Crippen LogP contribution in [0.4, 0.5) is 0 Å². The molecule has 1 atom stereocenters. The summed E-state index contributed by atoms with van der Waals surface area (Å²) in [5.41, 5.74) is 0.169. The molecule has 1 unspecified atom stereocenters. The normalized spacial score (nSPS) is 13.3. The van der Waals surface area contributed by atoms with E-state index in [1.807, 2.05) is 6.92 Å². The van der Waals surface area contributed by atoms with Crippen LogP contribution in [0.15, 0.2) is 17.2 Å². The third-order valence-corrected chi connectivity index (χ3v) is 4.07. The van der Waals surface area contributed by atoms with Crippen molar-refractivity contribution in [2.75, 3.05) is 6.61 Å². The van der Waals surface area contributed by atoms with E-state index in [1.165, 1.54) is 16.8 Å². The molecule has 1 rings (SSSR count). The number of halogens is 1. The largest absolute Gasteiger partial charge is 0.461 e. The summed E-state index contributed by atoms with van der Waals surface area (Å²) >= 11 is 0. The number of esters is 1. The number of carbonyl (C=O) groups excluding carboxylic acids is 1. The van der Waals surface area contributed by atoms with Crippen molar-refractivity contribution in [3.05, 3.63) is 18.0 Å². The molecular formula is C12H18ClNO4S. The number of ether oxygens (including phenoxy) is 1. The summed E-state index contributed by atoms with van der Waals surface area (Å²) in [6, 6.07) is 1.22. The molecule has 0 aliphatic heterocycles. The van der Waals surface area contributed by atoms with Crippen LogP contribution in [0.25, 0.3) is 0 Å². The van der Waals surface area contributed by atoms with Crippen molar-refractivity contribution in [3.63, 3.8) is 0 Å². The van der Waals surface area contributed by atoms with Crippen LogP contribution >= 0.6 is 10.7 Å². The number of rotatable bonds is 6. The Hall–Kier alpha value is -1.01. The number of hydrogen-bond donors (Lipinski definition) is 0. The molecule has 1 aromatic rings. The fourth-order valence-electron chi connectivity index (χ4n) is 1.74. The van der Waals surface area contributed by atoms with E-state index in [4.69, 9.17) is 15.4 Å². The summed E-state index contributed by atoms with van der Waals surface area (Å²) in [5.74, 6) is -0.262. The molecule has 108 valence electrons. The minimum atomic E-state index is -3.83. The number of aromatic nitrogens is 1. The van der Waals surface area contributed by atoms with Gasteiger partial charge in [-0.3, -0.25) is 0 Å². The first-order valence-corrected chi connectivity index (χ1v) is 8.34. The van der Waals surface area contributed by atoms with Gasteiger partial charge >= 0.3 is 5.97 Å². The van der Waals surface area contributed by atoms with Gasteiger partial charge in [0.25, 0.3) is 9.05 Å². The van der Waals surface area contributed by atoms with Crippen LogP contribution in [0.2, 0.25) is 0 Å². The molecule has 1 aromatic heterocycles. The first-order valence-electron chi connectivity index (χ1n) is 6.03. The van der Waals surface area contributed by atoms with Crippen molar-refractivity contribution < 1.29 is 17.9 Å². The third-order valence-electron chi connectivity index (χ3n) is 2.75. The Bertz CT molecular complexity index is 550. The van der Waals surface area contributed by atoms with Gasteiger partial charge in [-0.25, -0.2) is 13.2 Å². The fourth-order valence-corrected chi connectivity index (χ4v) is 2.53. The van der Waals surface area contributed by atoms with Crippen LogP contribution in [0.3, 0.4) is 0 Å². The molecular weight excluding hydrogens is 290 g/mol. The molecule has 0 aromatic carbocycles. The standard InChI is InChI=1S/C12H18ClNO4S/c1-4-5-9(2)8-18-12(15)11-6-10(7-14(11)3)19(13,16)17/h6-7,9H,4-5,8H2,1-3H3. The number of hydrogen-bond acceptors (Lipinski definition) is 4. The number of aryl methyl sites for hydroxylation is 1. The molecule has 0 aliphatic carbocycles. The monoisotopic (exact) mass is 307 g/mol. The molecule has 7 heteroatoms. The quantitative estimate of drug-likeness (QED) is 0.598. The maximum Gasteiger partial charge on any atom is 0.354 e. The first kappa shape index (κ1) is 16.0. The third kappa shape index (κ3) is 4.54. The van der Waals surface area contributed by atoms with Crippen molar-refractivity contribution in [1.82, 2.24) is 4.57 Å². The Morgan fingerprint density at radius 3 is 2.63 bits per heavy atom. The van der Waals surface area contributed by atoms with Crippen molar-refractivity contribution in [2.24, 2.45) is 13.0 Å². The molecule has 0 N–H and O–H groups in total. The Morgan fingerprint density at radius 2 is 2.16 bits per heavy atom. The molecule has 0 aliphatic rings. The van der Waals surface area contributed by atoms with E-state index in [9.17, 15) is 13.2 Å². The molecule has 5 nitrogen and oxygen atoms in total. The second kappa shape index (κ2) is 6.43. The van der Waals surface area contributed by atoms with Crippen molar-refractivity contribution >= 4 is 25.7 Å². The highest BCUT2D eigenvalue weighted by molar-refractivity contribution is 8.13. The summed E-state index contributed by atoms with van der Waals surface area (Å²) in [6.07, 6.45) is 3.29. The summed E-state index contributed by atoms with van der Waals surface area (Å²) in [7, 11) is 2.96. The number of nitrogens with zero attached hydrogens (tertiary/aromatic N) is 1. The Labute approximate surface area is 117 Å². The van der Waals surface area contributed by atoms with E-state index in [2.05, 4.69) is 6.92 Å². The Morgan fingerprint density at radius 1 is 1.53 bits per heavy atom. The zero-order valence-corrected chi connectivity index (χ0v) is 12.8. The van der Waals surface area contributed by atoms with E-state index in [0.29, 0.717) is 6.61 Å². The van der Waals surface area contributed by atoms with Gasteiger partial charge in [-0.05, 0) is 18.4 Å². The predicted molar refractivity (Wildman–Crippen MR) is 72.8 cm³/mol. The predicted octanol–water partition coefficient (Wildman–Crippen LogP) is 2.55. The van der Waals surface area contributed by atoms with Crippen molar-refractivity contribution in [1.29, 1.82) is 0 Å². The average Bonchev–Trinajstić information content (AvgIpc) is 2.68. The Kier molecular flexibility index (Phi) is 5.43. The molecule has 1 heterocycles. The van der Waals surface area contributed by atoms with Crippen molar-refractivity contribution in [2.45, 2.75) is 31.6 Å². The molecule has 0 saturated heterocycles. The SMILES string of the molecule is CCCC(C)COC(=O)c1cc(S(=O)(=O)Cl)cn1C. The second-order valence-electron chi connectivity index (χ2n) is 4.60. The van der Waals surface area contributed by atoms with Gasteiger partial charge in [0.1, 0.15) is 10.6 Å². The van der Waals surface area contributed by atoms with Crippen LogP contribution in [-0.4, -0.2) is 25.6 Å². The van der Waals surface area contributed by atoms with Gasteiger partial charge < -0.3 is 9.30 Å². The van der Waals surface area contributed by atoms with Gasteiger partial charge in [0.05, 0.1) is 6.61 Å². The first-order chi connectivity index (χ1) is 8.75. The van der Waals surface area contributed by atoms with Gasteiger partial charge in [0.2, 0.25) is 0 Å². The van der Waals surface area contributed by atoms with Gasteiger partial charge in [-0.2, -0.15) is 0 Å². The zero-order chi connectivity index (χ0) is 14.6. The zero-order valence-electron chi connectivity index (χ0n) is 11.2. The second-order valence-corrected chi connectivity index (χ2v) is 7.17. The molecule has 0 saturated carbocycles. The molecule has 19 heavy (non-hydrogen) atoms. The number of carbonyl (C=O) groups is 1. The summed E-state index contributed by atoms with van der Waals surface area (Å²) in [6.45, 7) is 4.38. The lowest BCUT2D eigenvalue weighted by molar-refractivity contribution is 0.0432. The van der Waals surface area contributed by atoms with Crippen molar-refractivity contribution in [3.8, 4) is 0 Å². The smallest absolute Gasteiger partial charge is 0.354 e. The summed E-state index contributed by atoms with van der Waals surface area (Å²) in [5, 5.41) is 0. The molecule has 0 fully saturated rings. The topological polar surface area (TPSA) is 65.4 Å². The van der Waals surface area contributed by atoms with Gasteiger partial charge in [-0.15, -0.1) is 0 Å². The minimum Gasteiger partial charge on any atom is -0.461 e. The molecule has 0 amide bonds. The summed E-state index contributed by atoms with van der Waals surface area (Å²) < 4.78 is 28.9. The molecule has 0 spiro atoms. The van der Waals surface area contributed by atoms with Crippen LogP contribution in [-0.2, 0) is 20.8 Å². The molecule has 0 bridgehead atoms. The average molecular weight is 308 g/mol. The van der Waals surface area contributed by atoms with Gasteiger partial charge in [-0.1, -0.05) is 20.3 Å². The fraction of sp³-hybridized carbons (Fsp3) is 0.583. The van der Waals surface area contributed by atoms with Gasteiger partial charge in [0.15, 0.2) is 0 Å². The lowest BCUT2D eigenvalue weighted by atomic mass is 10.1. The van der Waals surface area contributed by atoms with E-state index in [1.54, 1.807) is 7.05 Å². The van der Waals surface area contributed by atoms with Gasteiger partial charge in [0, 0.05) is 23.9 Å². The summed E-state index contributed by atoms with van der Waals surface area (Å²) in [4.78, 5) is 11.7. The lowest BCUT2D eigenvalue weighted by Gasteiger charge is -2.10. The van der Waals surface area contributed by atoms with E-state index in [0.717, 1.165) is 12.8 Å².